The Hall–Kier alpha value is -1.28. The van der Waals surface area contributed by atoms with Gasteiger partial charge in [-0.1, -0.05) is 12.1 Å². The van der Waals surface area contributed by atoms with Gasteiger partial charge in [0.2, 0.25) is 0 Å². The zero-order valence-corrected chi connectivity index (χ0v) is 11.6. The van der Waals surface area contributed by atoms with E-state index in [4.69, 9.17) is 0 Å². The third-order valence-electron chi connectivity index (χ3n) is 4.41. The maximum absolute atomic E-state index is 3.45. The third kappa shape index (κ3) is 1.76. The number of piperidine rings is 1. The van der Waals surface area contributed by atoms with Crippen LogP contribution in [0.15, 0.2) is 18.2 Å². The molecule has 0 aliphatic carbocycles. The molecular formula is C16H22N2. The molecule has 2 aromatic rings. The number of nitrogens with one attached hydrogen (secondary N) is 1. The Bertz CT molecular complexity index is 574. The Morgan fingerprint density at radius 2 is 1.78 bits per heavy atom. The molecule has 0 amide bonds. The normalized spacial score (nSPS) is 17.5. The Morgan fingerprint density at radius 3 is 2.44 bits per heavy atom. The minimum absolute atomic E-state index is 0.724. The zero-order chi connectivity index (χ0) is 12.7. The summed E-state index contributed by atoms with van der Waals surface area (Å²) in [5.41, 5.74) is 5.72. The van der Waals surface area contributed by atoms with Gasteiger partial charge < -0.3 is 9.88 Å². The molecule has 1 aliphatic rings. The van der Waals surface area contributed by atoms with Crippen molar-refractivity contribution in [3.63, 3.8) is 0 Å². The lowest BCUT2D eigenvalue weighted by molar-refractivity contribution is 0.446. The second-order valence-electron chi connectivity index (χ2n) is 5.61. The minimum atomic E-state index is 0.724. The standard InChI is InChI=1S/C16H22N2/c1-11-4-5-12(2)16-14(11)10-15(18(16)3)13-6-8-17-9-7-13/h4-5,10,13,17H,6-9H2,1-3H3. The molecule has 18 heavy (non-hydrogen) atoms. The first-order chi connectivity index (χ1) is 8.68. The maximum atomic E-state index is 3.45. The van der Waals surface area contributed by atoms with E-state index in [-0.39, 0.29) is 0 Å². The molecule has 0 spiro atoms. The van der Waals surface area contributed by atoms with Crippen LogP contribution >= 0.6 is 0 Å². The SMILES string of the molecule is Cc1ccc(C)c2c1cc(C1CCNCC1)n2C. The number of aryl methyl sites for hydroxylation is 3. The van der Waals surface area contributed by atoms with Gasteiger partial charge >= 0.3 is 0 Å². The summed E-state index contributed by atoms with van der Waals surface area (Å²) in [5, 5.41) is 4.89. The van der Waals surface area contributed by atoms with Crippen LogP contribution in [0.25, 0.3) is 10.9 Å². The fourth-order valence-electron chi connectivity index (χ4n) is 3.33. The van der Waals surface area contributed by atoms with Crippen LogP contribution in [0.5, 0.6) is 0 Å². The van der Waals surface area contributed by atoms with Gasteiger partial charge in [0.1, 0.15) is 0 Å². The van der Waals surface area contributed by atoms with E-state index in [0.29, 0.717) is 0 Å². The first-order valence-electron chi connectivity index (χ1n) is 6.94. The summed E-state index contributed by atoms with van der Waals surface area (Å²) in [6, 6.07) is 6.90. The average molecular weight is 242 g/mol. The van der Waals surface area contributed by atoms with Gasteiger partial charge in [-0.15, -0.1) is 0 Å². The molecule has 2 nitrogen and oxygen atoms in total. The second kappa shape index (κ2) is 4.43. The van der Waals surface area contributed by atoms with E-state index in [0.717, 1.165) is 19.0 Å². The topological polar surface area (TPSA) is 17.0 Å². The van der Waals surface area contributed by atoms with Crippen molar-refractivity contribution in [2.45, 2.75) is 32.6 Å². The summed E-state index contributed by atoms with van der Waals surface area (Å²) in [6.07, 6.45) is 2.53. The van der Waals surface area contributed by atoms with E-state index in [1.54, 1.807) is 0 Å². The number of hydrogen-bond donors (Lipinski definition) is 1. The van der Waals surface area contributed by atoms with Crippen molar-refractivity contribution >= 4 is 10.9 Å². The molecule has 1 N–H and O–H groups in total. The van der Waals surface area contributed by atoms with E-state index in [2.05, 4.69) is 49.0 Å². The van der Waals surface area contributed by atoms with Gasteiger partial charge in [0, 0.05) is 24.0 Å². The fraction of sp³-hybridized carbons (Fsp3) is 0.500. The predicted octanol–water partition coefficient (Wildman–Crippen LogP) is 3.26. The number of fused-ring (bicyclic) bond motifs is 1. The highest BCUT2D eigenvalue weighted by Crippen LogP contribution is 2.32. The number of benzene rings is 1. The van der Waals surface area contributed by atoms with Crippen LogP contribution < -0.4 is 5.32 Å². The smallest absolute Gasteiger partial charge is 0.0512 e. The lowest BCUT2D eigenvalue weighted by atomic mass is 9.94. The average Bonchev–Trinajstić information content (AvgIpc) is 2.74. The molecule has 0 bridgehead atoms. The summed E-state index contributed by atoms with van der Waals surface area (Å²) < 4.78 is 2.42. The quantitative estimate of drug-likeness (QED) is 0.812. The Labute approximate surface area is 109 Å². The first kappa shape index (κ1) is 11.8. The molecule has 96 valence electrons. The van der Waals surface area contributed by atoms with E-state index in [1.165, 1.54) is 40.6 Å². The van der Waals surface area contributed by atoms with Crippen molar-refractivity contribution in [1.29, 1.82) is 0 Å². The van der Waals surface area contributed by atoms with Crippen LogP contribution in [0.2, 0.25) is 0 Å². The van der Waals surface area contributed by atoms with Gasteiger partial charge in [-0.25, -0.2) is 0 Å². The van der Waals surface area contributed by atoms with Crippen LogP contribution in [-0.2, 0) is 7.05 Å². The summed E-state index contributed by atoms with van der Waals surface area (Å²) >= 11 is 0. The molecule has 2 heterocycles. The number of rotatable bonds is 1. The van der Waals surface area contributed by atoms with Gasteiger partial charge in [-0.2, -0.15) is 0 Å². The lowest BCUT2D eigenvalue weighted by Gasteiger charge is -2.23. The molecular weight excluding hydrogens is 220 g/mol. The third-order valence-corrected chi connectivity index (χ3v) is 4.41. The number of hydrogen-bond acceptors (Lipinski definition) is 1. The van der Waals surface area contributed by atoms with Crippen LogP contribution in [-0.4, -0.2) is 17.7 Å². The summed E-state index contributed by atoms with van der Waals surface area (Å²) in [5.74, 6) is 0.724. The van der Waals surface area contributed by atoms with Gasteiger partial charge in [0.05, 0.1) is 5.52 Å². The van der Waals surface area contributed by atoms with Gasteiger partial charge in [-0.3, -0.25) is 0 Å². The Morgan fingerprint density at radius 1 is 1.11 bits per heavy atom. The van der Waals surface area contributed by atoms with E-state index in [9.17, 15) is 0 Å². The number of nitrogens with zero attached hydrogens (tertiary/aromatic N) is 1. The Balaban J connectivity index is 2.16. The van der Waals surface area contributed by atoms with Crippen molar-refractivity contribution in [2.75, 3.05) is 13.1 Å². The van der Waals surface area contributed by atoms with Gasteiger partial charge in [0.15, 0.2) is 0 Å². The molecule has 1 aliphatic heterocycles. The molecule has 1 aromatic heterocycles. The zero-order valence-electron chi connectivity index (χ0n) is 11.6. The first-order valence-corrected chi connectivity index (χ1v) is 6.94. The molecule has 1 saturated heterocycles. The highest BCUT2D eigenvalue weighted by atomic mass is 15.0. The second-order valence-corrected chi connectivity index (χ2v) is 5.61. The Kier molecular flexibility index (Phi) is 2.90. The van der Waals surface area contributed by atoms with Crippen molar-refractivity contribution < 1.29 is 0 Å². The van der Waals surface area contributed by atoms with E-state index >= 15 is 0 Å². The van der Waals surface area contributed by atoms with E-state index in [1.807, 2.05) is 0 Å². The van der Waals surface area contributed by atoms with Crippen LogP contribution in [0.1, 0.15) is 35.6 Å². The fourth-order valence-corrected chi connectivity index (χ4v) is 3.33. The maximum Gasteiger partial charge on any atom is 0.0512 e. The highest BCUT2D eigenvalue weighted by Gasteiger charge is 2.20. The summed E-state index contributed by atoms with van der Waals surface area (Å²) in [4.78, 5) is 0. The molecule has 2 heteroatoms. The van der Waals surface area contributed by atoms with Crippen LogP contribution in [0, 0.1) is 13.8 Å². The molecule has 0 atom stereocenters. The van der Waals surface area contributed by atoms with Crippen molar-refractivity contribution in [3.05, 3.63) is 35.0 Å². The summed E-state index contributed by atoms with van der Waals surface area (Å²) in [6.45, 7) is 6.75. The highest BCUT2D eigenvalue weighted by molar-refractivity contribution is 5.87. The molecule has 1 fully saturated rings. The number of aromatic nitrogens is 1. The predicted molar refractivity (Wildman–Crippen MR) is 77.2 cm³/mol. The molecule has 3 rings (SSSR count). The molecule has 1 aromatic carbocycles. The van der Waals surface area contributed by atoms with Crippen LogP contribution in [0.4, 0.5) is 0 Å². The molecule has 0 saturated carbocycles. The largest absolute Gasteiger partial charge is 0.347 e. The van der Waals surface area contributed by atoms with Gasteiger partial charge in [-0.05, 0) is 57.0 Å². The van der Waals surface area contributed by atoms with Crippen molar-refractivity contribution in [2.24, 2.45) is 7.05 Å². The van der Waals surface area contributed by atoms with Crippen LogP contribution in [0.3, 0.4) is 0 Å². The lowest BCUT2D eigenvalue weighted by Crippen LogP contribution is -2.27. The van der Waals surface area contributed by atoms with E-state index < -0.39 is 0 Å². The van der Waals surface area contributed by atoms with Gasteiger partial charge in [0.25, 0.3) is 0 Å². The molecule has 0 radical (unpaired) electrons. The monoisotopic (exact) mass is 242 g/mol. The minimum Gasteiger partial charge on any atom is -0.347 e. The summed E-state index contributed by atoms with van der Waals surface area (Å²) in [7, 11) is 2.23. The molecule has 0 unspecified atom stereocenters. The van der Waals surface area contributed by atoms with Crippen molar-refractivity contribution in [3.8, 4) is 0 Å². The van der Waals surface area contributed by atoms with Crippen molar-refractivity contribution in [1.82, 2.24) is 9.88 Å².